The first kappa shape index (κ1) is 27.2. The molecule has 0 saturated heterocycles. The first-order chi connectivity index (χ1) is 20.0. The summed E-state index contributed by atoms with van der Waals surface area (Å²) in [5, 5.41) is 5.36. The van der Waals surface area contributed by atoms with Crippen molar-refractivity contribution < 1.29 is 36.3 Å². The normalized spacial score (nSPS) is 19.8. The third-order valence-electron chi connectivity index (χ3n) is 7.16. The number of carbonyl (C=O) groups is 2. The second-order valence-electron chi connectivity index (χ2n) is 9.73. The first-order valence-corrected chi connectivity index (χ1v) is 14.1. The van der Waals surface area contributed by atoms with Gasteiger partial charge < -0.3 is 19.4 Å². The van der Waals surface area contributed by atoms with Gasteiger partial charge in [0.1, 0.15) is 21.8 Å². The van der Waals surface area contributed by atoms with Gasteiger partial charge in [-0.15, -0.1) is 0 Å². The van der Waals surface area contributed by atoms with Crippen molar-refractivity contribution in [2.45, 2.75) is 28.9 Å². The maximum absolute atomic E-state index is 13.7. The number of alkyl halides is 2. The molecule has 2 unspecified atom stereocenters. The van der Waals surface area contributed by atoms with Crippen LogP contribution in [0.1, 0.15) is 29.3 Å². The first-order valence-electron chi connectivity index (χ1n) is 12.6. The number of ether oxygens (including phenoxy) is 2. The lowest BCUT2D eigenvalue weighted by atomic mass is 10.1. The zero-order valence-corrected chi connectivity index (χ0v) is 22.7. The largest absolute Gasteiger partial charge is 0.453 e. The quantitative estimate of drug-likeness (QED) is 0.284. The van der Waals surface area contributed by atoms with Gasteiger partial charge >= 0.3 is 18.2 Å². The number of rotatable bonds is 7. The van der Waals surface area contributed by atoms with E-state index in [0.717, 1.165) is 23.8 Å². The Kier molecular flexibility index (Phi) is 6.37. The van der Waals surface area contributed by atoms with Crippen LogP contribution in [0.5, 0.6) is 5.75 Å². The van der Waals surface area contributed by atoms with Gasteiger partial charge in [0.2, 0.25) is 0 Å². The van der Waals surface area contributed by atoms with Gasteiger partial charge in [0.05, 0.1) is 7.11 Å². The summed E-state index contributed by atoms with van der Waals surface area (Å²) in [5.41, 5.74) is 0.360. The number of para-hydroxylation sites is 1. The van der Waals surface area contributed by atoms with Gasteiger partial charge in [-0.25, -0.2) is 27.7 Å². The third kappa shape index (κ3) is 4.68. The molecule has 1 aliphatic heterocycles. The van der Waals surface area contributed by atoms with E-state index in [1.807, 2.05) is 35.1 Å². The topological polar surface area (TPSA) is 141 Å². The molecule has 2 heterocycles. The minimum Gasteiger partial charge on any atom is -0.453 e. The predicted molar refractivity (Wildman–Crippen MR) is 145 cm³/mol. The van der Waals surface area contributed by atoms with E-state index in [0.29, 0.717) is 23.6 Å². The Bertz CT molecular complexity index is 1800. The van der Waals surface area contributed by atoms with Crippen LogP contribution in [-0.2, 0) is 26.4 Å². The lowest BCUT2D eigenvalue weighted by Crippen LogP contribution is -2.46. The van der Waals surface area contributed by atoms with Crippen LogP contribution in [-0.4, -0.2) is 37.2 Å². The molecule has 0 bridgehead atoms. The van der Waals surface area contributed by atoms with Gasteiger partial charge in [-0.3, -0.25) is 5.32 Å². The fraction of sp³-hybridized carbons (Fsp3) is 0.179. The SMILES string of the molecule is COC(=O)Nc1ccc(-n2ccnc2C2(NC(=O)NS(=O)(=O)c3cccc4c3OC4(F)F)CC2c2ccccc2)cc1. The monoisotopic (exact) mass is 595 g/mol. The fourth-order valence-corrected chi connectivity index (χ4v) is 6.17. The maximum atomic E-state index is 13.7. The van der Waals surface area contributed by atoms with Crippen molar-refractivity contribution >= 4 is 27.8 Å². The third-order valence-corrected chi connectivity index (χ3v) is 8.51. The van der Waals surface area contributed by atoms with E-state index in [1.165, 1.54) is 7.11 Å². The summed E-state index contributed by atoms with van der Waals surface area (Å²) in [6.45, 7) is 0. The van der Waals surface area contributed by atoms with Crippen molar-refractivity contribution in [3.05, 3.63) is 102 Å². The number of fused-ring (bicyclic) bond motifs is 1. The number of hydrogen-bond acceptors (Lipinski definition) is 7. The Morgan fingerprint density at radius 3 is 2.48 bits per heavy atom. The molecule has 1 saturated carbocycles. The van der Waals surface area contributed by atoms with Crippen molar-refractivity contribution in [3.63, 3.8) is 0 Å². The van der Waals surface area contributed by atoms with Gasteiger partial charge in [0, 0.05) is 29.7 Å². The summed E-state index contributed by atoms with van der Waals surface area (Å²) < 4.78 is 66.2. The summed E-state index contributed by atoms with van der Waals surface area (Å²) in [7, 11) is -3.32. The highest BCUT2D eigenvalue weighted by molar-refractivity contribution is 7.90. The highest BCUT2D eigenvalue weighted by atomic mass is 32.2. The minimum atomic E-state index is -4.58. The molecule has 4 aromatic rings. The Hall–Kier alpha value is -4.98. The second kappa shape index (κ2) is 9.83. The Balaban J connectivity index is 1.30. The van der Waals surface area contributed by atoms with E-state index >= 15 is 0 Å². The van der Waals surface area contributed by atoms with Crippen LogP contribution in [0.4, 0.5) is 24.1 Å². The zero-order valence-electron chi connectivity index (χ0n) is 21.9. The van der Waals surface area contributed by atoms with Crippen LogP contribution in [0, 0.1) is 0 Å². The van der Waals surface area contributed by atoms with E-state index < -0.39 is 50.0 Å². The number of methoxy groups -OCH3 is 1. The van der Waals surface area contributed by atoms with Gasteiger partial charge in [0.15, 0.2) is 5.75 Å². The molecular weight excluding hydrogens is 572 g/mol. The molecule has 3 N–H and O–H groups in total. The maximum Gasteiger partial charge on any atom is 0.430 e. The molecule has 42 heavy (non-hydrogen) atoms. The minimum absolute atomic E-state index is 0.256. The predicted octanol–water partition coefficient (Wildman–Crippen LogP) is 4.56. The Labute approximate surface area is 238 Å². The van der Waals surface area contributed by atoms with Crippen molar-refractivity contribution in [2.24, 2.45) is 0 Å². The average Bonchev–Trinajstić information content (AvgIpc) is 3.45. The summed E-state index contributed by atoms with van der Waals surface area (Å²) in [6, 6.07) is 18.4. The fourth-order valence-electron chi connectivity index (χ4n) is 5.11. The second-order valence-corrected chi connectivity index (χ2v) is 11.4. The smallest absolute Gasteiger partial charge is 0.430 e. The molecule has 2 atom stereocenters. The number of amides is 3. The summed E-state index contributed by atoms with van der Waals surface area (Å²) in [6.07, 6.45) is -0.578. The van der Waals surface area contributed by atoms with E-state index in [2.05, 4.69) is 25.1 Å². The number of imidazole rings is 1. The zero-order chi connectivity index (χ0) is 29.7. The molecule has 3 amide bonds. The molecule has 0 radical (unpaired) electrons. The highest BCUT2D eigenvalue weighted by Crippen LogP contribution is 2.58. The van der Waals surface area contributed by atoms with Gasteiger partial charge in [-0.1, -0.05) is 36.4 Å². The molecule has 1 fully saturated rings. The molecule has 0 spiro atoms. The lowest BCUT2D eigenvalue weighted by molar-refractivity contribution is -0.223. The highest BCUT2D eigenvalue weighted by Gasteiger charge is 2.60. The van der Waals surface area contributed by atoms with Crippen molar-refractivity contribution in [1.82, 2.24) is 19.6 Å². The number of benzene rings is 3. The molecule has 1 aromatic heterocycles. The van der Waals surface area contributed by atoms with E-state index in [-0.39, 0.29) is 5.92 Å². The van der Waals surface area contributed by atoms with Crippen molar-refractivity contribution in [1.29, 1.82) is 0 Å². The number of anilines is 1. The standard InChI is InChI=1S/C28H23F2N5O6S/c1-40-26(37)32-18-10-12-19(13-11-18)35-15-14-31-24(35)27(16-21(27)17-6-3-2-4-7-17)33-25(36)34-42(38,39)22-9-5-8-20-23(22)41-28(20,29)30/h2-15,21H,16H2,1H3,(H,32,37)(H2,33,34,36). The van der Waals surface area contributed by atoms with E-state index in [4.69, 9.17) is 0 Å². The van der Waals surface area contributed by atoms with Crippen LogP contribution in [0.2, 0.25) is 0 Å². The number of sulfonamides is 1. The number of nitrogens with zero attached hydrogens (tertiary/aromatic N) is 2. The molecule has 6 rings (SSSR count). The molecule has 216 valence electrons. The number of nitrogens with one attached hydrogen (secondary N) is 3. The number of carbonyl (C=O) groups excluding carboxylic acids is 2. The lowest BCUT2D eigenvalue weighted by Gasteiger charge is -2.31. The van der Waals surface area contributed by atoms with E-state index in [9.17, 15) is 26.8 Å². The molecule has 14 heteroatoms. The molecular formula is C28H23F2N5O6S. The molecule has 3 aromatic carbocycles. The Morgan fingerprint density at radius 1 is 1.05 bits per heavy atom. The summed E-state index contributed by atoms with van der Waals surface area (Å²) >= 11 is 0. The van der Waals surface area contributed by atoms with Crippen LogP contribution < -0.4 is 20.1 Å². The number of hydrogen-bond donors (Lipinski definition) is 3. The average molecular weight is 596 g/mol. The number of urea groups is 1. The van der Waals surface area contributed by atoms with Gasteiger partial charge in [-0.05, 0) is 48.4 Å². The van der Waals surface area contributed by atoms with Crippen LogP contribution >= 0.6 is 0 Å². The van der Waals surface area contributed by atoms with Gasteiger partial charge in [0.25, 0.3) is 10.0 Å². The Morgan fingerprint density at radius 2 is 1.79 bits per heavy atom. The van der Waals surface area contributed by atoms with Crippen LogP contribution in [0.25, 0.3) is 5.69 Å². The van der Waals surface area contributed by atoms with E-state index in [1.54, 1.807) is 41.2 Å². The summed E-state index contributed by atoms with van der Waals surface area (Å²) in [4.78, 5) is 28.7. The number of aromatic nitrogens is 2. The molecule has 11 nitrogen and oxygen atoms in total. The van der Waals surface area contributed by atoms with Crippen LogP contribution in [0.3, 0.4) is 0 Å². The molecule has 2 aliphatic rings. The van der Waals surface area contributed by atoms with Crippen molar-refractivity contribution in [2.75, 3.05) is 12.4 Å². The van der Waals surface area contributed by atoms with Crippen molar-refractivity contribution in [3.8, 4) is 11.4 Å². The van der Waals surface area contributed by atoms with Gasteiger partial charge in [-0.2, -0.15) is 8.78 Å². The summed E-state index contributed by atoms with van der Waals surface area (Å²) in [5.74, 6) is -0.329. The molecule has 1 aliphatic carbocycles. The number of halogens is 2. The van der Waals surface area contributed by atoms with Crippen LogP contribution in [0.15, 0.2) is 90.1 Å².